The molecule has 29 heavy (non-hydrogen) atoms. The van der Waals surface area contributed by atoms with E-state index < -0.39 is 5.92 Å². The van der Waals surface area contributed by atoms with Crippen LogP contribution in [0.15, 0.2) is 72.3 Å². The van der Waals surface area contributed by atoms with E-state index in [1.807, 2.05) is 54.6 Å². The van der Waals surface area contributed by atoms with Crippen molar-refractivity contribution in [2.45, 2.75) is 40.0 Å². The number of ketones is 1. The van der Waals surface area contributed by atoms with Crippen molar-refractivity contribution >= 4 is 11.8 Å². The second-order valence-electron chi connectivity index (χ2n) is 9.13. The topological polar surface area (TPSA) is 43.4 Å². The first-order valence-electron chi connectivity index (χ1n) is 10.4. The second kappa shape index (κ2) is 7.29. The Labute approximate surface area is 172 Å². The number of esters is 1. The largest absolute Gasteiger partial charge is 0.426 e. The maximum atomic E-state index is 13.3. The van der Waals surface area contributed by atoms with Gasteiger partial charge in [-0.25, -0.2) is 0 Å². The van der Waals surface area contributed by atoms with Crippen LogP contribution >= 0.6 is 0 Å². The Hall–Kier alpha value is -2.68. The van der Waals surface area contributed by atoms with Crippen molar-refractivity contribution in [1.82, 2.24) is 0 Å². The van der Waals surface area contributed by atoms with Gasteiger partial charge in [0.1, 0.15) is 5.75 Å². The van der Waals surface area contributed by atoms with Gasteiger partial charge in [0.25, 0.3) is 0 Å². The van der Waals surface area contributed by atoms with Crippen LogP contribution in [0.2, 0.25) is 0 Å². The predicted octanol–water partition coefficient (Wildman–Crippen LogP) is 5.40. The summed E-state index contributed by atoms with van der Waals surface area (Å²) in [5.41, 5.74) is 1.48. The van der Waals surface area contributed by atoms with E-state index in [2.05, 4.69) is 20.8 Å². The summed E-state index contributed by atoms with van der Waals surface area (Å²) in [5, 5.41) is 0. The number of fused-ring (bicyclic) bond motifs is 2. The number of Topliss-reactive ketones (excluding diaryl/α,β-unsaturated/α-hetero) is 1. The quantitative estimate of drug-likeness (QED) is 0.391. The van der Waals surface area contributed by atoms with Crippen molar-refractivity contribution in [2.75, 3.05) is 0 Å². The lowest BCUT2D eigenvalue weighted by molar-refractivity contribution is -0.137. The molecule has 0 N–H and O–H groups in total. The van der Waals surface area contributed by atoms with E-state index in [4.69, 9.17) is 4.74 Å². The summed E-state index contributed by atoms with van der Waals surface area (Å²) < 4.78 is 5.66. The average Bonchev–Trinajstić information content (AvgIpc) is 3.02. The first-order valence-corrected chi connectivity index (χ1v) is 10.4. The Morgan fingerprint density at radius 3 is 2.28 bits per heavy atom. The van der Waals surface area contributed by atoms with Gasteiger partial charge in [0.2, 0.25) is 0 Å². The highest BCUT2D eigenvalue weighted by Crippen LogP contribution is 2.65. The predicted molar refractivity (Wildman–Crippen MR) is 113 cm³/mol. The van der Waals surface area contributed by atoms with E-state index in [1.54, 1.807) is 12.1 Å². The molecule has 3 nitrogen and oxygen atoms in total. The fourth-order valence-electron chi connectivity index (χ4n) is 5.10. The van der Waals surface area contributed by atoms with Gasteiger partial charge in [-0.2, -0.15) is 0 Å². The molecular formula is C26H28O3. The van der Waals surface area contributed by atoms with Gasteiger partial charge in [-0.1, -0.05) is 75.4 Å². The molecule has 2 aromatic carbocycles. The fraction of sp³-hybridized carbons (Fsp3) is 0.385. The number of rotatable bonds is 5. The normalized spacial score (nSPS) is 27.2. The van der Waals surface area contributed by atoms with Crippen molar-refractivity contribution in [3.8, 4) is 5.75 Å². The minimum absolute atomic E-state index is 0.0729. The minimum atomic E-state index is -0.490. The molecule has 2 aromatic rings. The number of hydrogen-bond donors (Lipinski definition) is 0. The van der Waals surface area contributed by atoms with E-state index in [9.17, 15) is 9.59 Å². The maximum Gasteiger partial charge on any atom is 0.318 e. The monoisotopic (exact) mass is 388 g/mol. The molecule has 0 unspecified atom stereocenters. The van der Waals surface area contributed by atoms with Gasteiger partial charge in [0.15, 0.2) is 5.78 Å². The van der Waals surface area contributed by atoms with E-state index in [0.717, 1.165) is 24.0 Å². The van der Waals surface area contributed by atoms with E-state index in [1.165, 1.54) is 0 Å². The summed E-state index contributed by atoms with van der Waals surface area (Å²) in [4.78, 5) is 26.3. The number of para-hydroxylation sites is 1. The molecule has 0 saturated heterocycles. The fourth-order valence-corrected chi connectivity index (χ4v) is 5.10. The van der Waals surface area contributed by atoms with Crippen LogP contribution in [-0.2, 0) is 16.0 Å². The lowest BCUT2D eigenvalue weighted by Crippen LogP contribution is -2.32. The van der Waals surface area contributed by atoms with Gasteiger partial charge >= 0.3 is 5.97 Å². The number of hydrogen-bond acceptors (Lipinski definition) is 3. The Bertz CT molecular complexity index is 942. The zero-order chi connectivity index (χ0) is 20.6. The molecule has 0 aromatic heterocycles. The first-order chi connectivity index (χ1) is 13.8. The van der Waals surface area contributed by atoms with Crippen LogP contribution in [0.25, 0.3) is 0 Å². The van der Waals surface area contributed by atoms with Crippen LogP contribution in [0.4, 0.5) is 0 Å². The smallest absolute Gasteiger partial charge is 0.318 e. The summed E-state index contributed by atoms with van der Waals surface area (Å²) >= 11 is 0. The van der Waals surface area contributed by atoms with Gasteiger partial charge < -0.3 is 4.74 Å². The highest BCUT2D eigenvalue weighted by atomic mass is 16.5. The molecular weight excluding hydrogens is 360 g/mol. The Morgan fingerprint density at radius 1 is 1.07 bits per heavy atom. The third kappa shape index (κ3) is 3.33. The molecule has 3 heteroatoms. The summed E-state index contributed by atoms with van der Waals surface area (Å²) in [6, 6.07) is 19.0. The maximum absolute atomic E-state index is 13.3. The zero-order valence-electron chi connectivity index (χ0n) is 17.4. The first kappa shape index (κ1) is 19.6. The van der Waals surface area contributed by atoms with Gasteiger partial charge in [0.05, 0.1) is 5.92 Å². The third-order valence-electron chi connectivity index (χ3n) is 7.31. The van der Waals surface area contributed by atoms with Crippen molar-refractivity contribution < 1.29 is 14.3 Å². The van der Waals surface area contributed by atoms with E-state index in [-0.39, 0.29) is 28.5 Å². The SMILES string of the molecule is CC1(C)[C@H]2CC[C@]1(C)C(=O)/C2=C\[C@H](Cc1ccccc1)C(=O)Oc1ccccc1. The van der Waals surface area contributed by atoms with Crippen LogP contribution in [0.5, 0.6) is 5.75 Å². The Balaban J connectivity index is 1.66. The number of carbonyl (C=O) groups excluding carboxylic acids is 2. The molecule has 0 heterocycles. The van der Waals surface area contributed by atoms with E-state index >= 15 is 0 Å². The van der Waals surface area contributed by atoms with Gasteiger partial charge in [-0.15, -0.1) is 0 Å². The van der Waals surface area contributed by atoms with Crippen LogP contribution in [0.1, 0.15) is 39.2 Å². The molecule has 2 aliphatic carbocycles. The number of allylic oxidation sites excluding steroid dienone is 1. The number of carbonyl (C=O) groups is 2. The van der Waals surface area contributed by atoms with Crippen LogP contribution in [0, 0.1) is 22.7 Å². The lowest BCUT2D eigenvalue weighted by atomic mass is 9.70. The van der Waals surface area contributed by atoms with Crippen LogP contribution in [0.3, 0.4) is 0 Å². The number of ether oxygens (including phenoxy) is 1. The molecule has 2 bridgehead atoms. The molecule has 0 radical (unpaired) electrons. The lowest BCUT2D eigenvalue weighted by Gasteiger charge is -2.31. The van der Waals surface area contributed by atoms with Crippen LogP contribution < -0.4 is 4.74 Å². The molecule has 0 spiro atoms. The van der Waals surface area contributed by atoms with Crippen molar-refractivity contribution in [3.63, 3.8) is 0 Å². The van der Waals surface area contributed by atoms with Crippen molar-refractivity contribution in [2.24, 2.45) is 22.7 Å². The molecule has 0 aliphatic heterocycles. The standard InChI is InChI=1S/C26H28O3/c1-25(2)22-14-15-26(25,3)23(27)21(22)17-19(16-18-10-6-4-7-11-18)24(28)29-20-12-8-5-9-13-20/h4-13,17,19,22H,14-16H2,1-3H3/b21-17-/t19-,22-,26+/m0/s1. The molecule has 2 fully saturated rings. The molecule has 150 valence electrons. The molecule has 2 aliphatic rings. The molecule has 0 amide bonds. The third-order valence-corrected chi connectivity index (χ3v) is 7.31. The van der Waals surface area contributed by atoms with Crippen LogP contribution in [-0.4, -0.2) is 11.8 Å². The molecule has 2 saturated carbocycles. The number of benzene rings is 2. The Kier molecular flexibility index (Phi) is 4.94. The summed E-state index contributed by atoms with van der Waals surface area (Å²) in [6.45, 7) is 6.47. The van der Waals surface area contributed by atoms with Crippen molar-refractivity contribution in [3.05, 3.63) is 77.9 Å². The molecule has 3 atom stereocenters. The zero-order valence-corrected chi connectivity index (χ0v) is 17.4. The highest BCUT2D eigenvalue weighted by Gasteiger charge is 2.64. The average molecular weight is 389 g/mol. The second-order valence-corrected chi connectivity index (χ2v) is 9.13. The highest BCUT2D eigenvalue weighted by molar-refractivity contribution is 6.05. The summed E-state index contributed by atoms with van der Waals surface area (Å²) in [6.07, 6.45) is 4.37. The van der Waals surface area contributed by atoms with Gasteiger partial charge in [-0.05, 0) is 53.9 Å². The van der Waals surface area contributed by atoms with Gasteiger partial charge in [-0.3, -0.25) is 9.59 Å². The minimum Gasteiger partial charge on any atom is -0.426 e. The Morgan fingerprint density at radius 2 is 1.69 bits per heavy atom. The van der Waals surface area contributed by atoms with Crippen molar-refractivity contribution in [1.29, 1.82) is 0 Å². The molecule has 4 rings (SSSR count). The summed E-state index contributed by atoms with van der Waals surface area (Å²) in [5.74, 6) is 0.147. The van der Waals surface area contributed by atoms with Gasteiger partial charge in [0, 0.05) is 5.41 Å². The van der Waals surface area contributed by atoms with E-state index in [0.29, 0.717) is 12.2 Å². The summed E-state index contributed by atoms with van der Waals surface area (Å²) in [7, 11) is 0.